The van der Waals surface area contributed by atoms with Crippen LogP contribution in [-0.2, 0) is 6.42 Å². The normalized spacial score (nSPS) is 10.5. The molecule has 4 nitrogen and oxygen atoms in total. The van der Waals surface area contributed by atoms with Crippen LogP contribution in [-0.4, -0.2) is 15.0 Å². The summed E-state index contributed by atoms with van der Waals surface area (Å²) in [5.41, 5.74) is 2.89. The van der Waals surface area contributed by atoms with E-state index >= 15 is 0 Å². The van der Waals surface area contributed by atoms with Crippen molar-refractivity contribution in [1.29, 1.82) is 5.26 Å². The number of nitrogens with zero attached hydrogens (tertiary/aromatic N) is 3. The molecule has 76 valence electrons. The summed E-state index contributed by atoms with van der Waals surface area (Å²) < 4.78 is 0. The molecule has 0 aliphatic carbocycles. The molecule has 2 rings (SSSR count). The van der Waals surface area contributed by atoms with E-state index in [4.69, 9.17) is 5.26 Å². The number of hydrogen-bond acceptors (Lipinski definition) is 3. The Balaban J connectivity index is 2.57. The highest BCUT2D eigenvalue weighted by molar-refractivity contribution is 5.73. The SMILES string of the molecule is CCCc1nc2cc(C#N)c(C)nc2[nH]1. The number of aromatic amines is 1. The van der Waals surface area contributed by atoms with Crippen LogP contribution in [0.1, 0.15) is 30.4 Å². The summed E-state index contributed by atoms with van der Waals surface area (Å²) >= 11 is 0. The number of imidazole rings is 1. The molecule has 0 unspecified atom stereocenters. The lowest BCUT2D eigenvalue weighted by Crippen LogP contribution is -1.88. The van der Waals surface area contributed by atoms with Crippen LogP contribution >= 0.6 is 0 Å². The molecule has 0 atom stereocenters. The molecule has 2 aromatic rings. The fourth-order valence-electron chi connectivity index (χ4n) is 1.55. The maximum Gasteiger partial charge on any atom is 0.157 e. The smallest absolute Gasteiger partial charge is 0.157 e. The summed E-state index contributed by atoms with van der Waals surface area (Å²) in [7, 11) is 0. The molecule has 0 spiro atoms. The number of pyridine rings is 1. The number of H-pyrrole nitrogens is 1. The third-order valence-corrected chi connectivity index (χ3v) is 2.32. The fraction of sp³-hybridized carbons (Fsp3) is 0.364. The standard InChI is InChI=1S/C11H12N4/c1-3-4-10-14-9-5-8(6-12)7(2)13-11(9)15-10/h5H,3-4H2,1-2H3,(H,13,14,15). The topological polar surface area (TPSA) is 65.4 Å². The van der Waals surface area contributed by atoms with Crippen molar-refractivity contribution in [3.63, 3.8) is 0 Å². The summed E-state index contributed by atoms with van der Waals surface area (Å²) in [6.07, 6.45) is 1.96. The van der Waals surface area contributed by atoms with E-state index in [9.17, 15) is 0 Å². The van der Waals surface area contributed by atoms with Gasteiger partial charge in [0.25, 0.3) is 0 Å². The number of nitriles is 1. The quantitative estimate of drug-likeness (QED) is 0.807. The van der Waals surface area contributed by atoms with Crippen LogP contribution in [0, 0.1) is 18.3 Å². The lowest BCUT2D eigenvalue weighted by molar-refractivity contribution is 0.860. The lowest BCUT2D eigenvalue weighted by atomic mass is 10.2. The number of nitrogens with one attached hydrogen (secondary N) is 1. The minimum Gasteiger partial charge on any atom is -0.327 e. The zero-order chi connectivity index (χ0) is 10.8. The molecular formula is C11H12N4. The van der Waals surface area contributed by atoms with Gasteiger partial charge >= 0.3 is 0 Å². The van der Waals surface area contributed by atoms with E-state index in [1.54, 1.807) is 6.07 Å². The van der Waals surface area contributed by atoms with Crippen molar-refractivity contribution < 1.29 is 0 Å². The first-order chi connectivity index (χ1) is 7.24. The third-order valence-electron chi connectivity index (χ3n) is 2.32. The van der Waals surface area contributed by atoms with Crippen LogP contribution in [0.25, 0.3) is 11.2 Å². The van der Waals surface area contributed by atoms with Crippen molar-refractivity contribution in [2.45, 2.75) is 26.7 Å². The second-order valence-corrected chi connectivity index (χ2v) is 3.53. The Morgan fingerprint density at radius 1 is 1.47 bits per heavy atom. The van der Waals surface area contributed by atoms with Gasteiger partial charge in [0.15, 0.2) is 5.65 Å². The van der Waals surface area contributed by atoms with E-state index in [0.29, 0.717) is 5.56 Å². The molecule has 0 bridgehead atoms. The van der Waals surface area contributed by atoms with E-state index in [2.05, 4.69) is 27.9 Å². The minimum atomic E-state index is 0.594. The largest absolute Gasteiger partial charge is 0.327 e. The van der Waals surface area contributed by atoms with Gasteiger partial charge in [-0.25, -0.2) is 9.97 Å². The zero-order valence-electron chi connectivity index (χ0n) is 8.83. The molecule has 0 aliphatic heterocycles. The Hall–Kier alpha value is -1.89. The molecule has 15 heavy (non-hydrogen) atoms. The number of rotatable bonds is 2. The number of hydrogen-bond donors (Lipinski definition) is 1. The third kappa shape index (κ3) is 1.68. The average molecular weight is 200 g/mol. The molecular weight excluding hydrogens is 188 g/mol. The molecule has 0 radical (unpaired) electrons. The van der Waals surface area contributed by atoms with Crippen LogP contribution < -0.4 is 0 Å². The van der Waals surface area contributed by atoms with Crippen molar-refractivity contribution >= 4 is 11.2 Å². The second kappa shape index (κ2) is 3.70. The van der Waals surface area contributed by atoms with Crippen LogP contribution in [0.4, 0.5) is 0 Å². The molecule has 0 amide bonds. The minimum absolute atomic E-state index is 0.594. The summed E-state index contributed by atoms with van der Waals surface area (Å²) in [4.78, 5) is 11.8. The first kappa shape index (κ1) is 9.66. The second-order valence-electron chi connectivity index (χ2n) is 3.53. The Labute approximate surface area is 88.0 Å². The van der Waals surface area contributed by atoms with Gasteiger partial charge in [0, 0.05) is 6.42 Å². The fourth-order valence-corrected chi connectivity index (χ4v) is 1.55. The summed E-state index contributed by atoms with van der Waals surface area (Å²) in [6, 6.07) is 3.90. The average Bonchev–Trinajstić information content (AvgIpc) is 2.58. The maximum atomic E-state index is 8.86. The van der Waals surface area contributed by atoms with Crippen LogP contribution in [0.5, 0.6) is 0 Å². The van der Waals surface area contributed by atoms with Crippen molar-refractivity contribution in [3.05, 3.63) is 23.1 Å². The molecule has 0 fully saturated rings. The van der Waals surface area contributed by atoms with Crippen LogP contribution in [0.2, 0.25) is 0 Å². The highest BCUT2D eigenvalue weighted by Crippen LogP contribution is 2.14. The Morgan fingerprint density at radius 3 is 2.93 bits per heavy atom. The van der Waals surface area contributed by atoms with E-state index in [0.717, 1.165) is 35.5 Å². The van der Waals surface area contributed by atoms with E-state index in [1.165, 1.54) is 0 Å². The predicted molar refractivity (Wildman–Crippen MR) is 57.3 cm³/mol. The molecule has 0 saturated heterocycles. The van der Waals surface area contributed by atoms with Crippen molar-refractivity contribution in [2.75, 3.05) is 0 Å². The van der Waals surface area contributed by atoms with Gasteiger partial charge in [-0.05, 0) is 19.4 Å². The van der Waals surface area contributed by atoms with Crippen LogP contribution in [0.15, 0.2) is 6.07 Å². The Morgan fingerprint density at radius 2 is 2.27 bits per heavy atom. The summed E-state index contributed by atoms with van der Waals surface area (Å²) in [5.74, 6) is 0.939. The Bertz CT molecular complexity index is 533. The predicted octanol–water partition coefficient (Wildman–Crippen LogP) is 2.09. The monoisotopic (exact) mass is 200 g/mol. The highest BCUT2D eigenvalue weighted by Gasteiger charge is 2.06. The van der Waals surface area contributed by atoms with Gasteiger partial charge in [0.2, 0.25) is 0 Å². The molecule has 4 heteroatoms. The molecule has 2 heterocycles. The molecule has 2 aromatic heterocycles. The zero-order valence-corrected chi connectivity index (χ0v) is 8.83. The molecule has 0 saturated carbocycles. The van der Waals surface area contributed by atoms with Crippen molar-refractivity contribution in [2.24, 2.45) is 0 Å². The number of aromatic nitrogens is 3. The van der Waals surface area contributed by atoms with Gasteiger partial charge in [-0.2, -0.15) is 5.26 Å². The van der Waals surface area contributed by atoms with Gasteiger partial charge in [0.05, 0.1) is 11.3 Å². The van der Waals surface area contributed by atoms with Crippen molar-refractivity contribution in [3.8, 4) is 6.07 Å². The summed E-state index contributed by atoms with van der Waals surface area (Å²) in [5, 5.41) is 8.86. The number of fused-ring (bicyclic) bond motifs is 1. The van der Waals surface area contributed by atoms with Gasteiger partial charge in [-0.1, -0.05) is 6.92 Å². The van der Waals surface area contributed by atoms with Gasteiger partial charge in [-0.3, -0.25) is 0 Å². The first-order valence-electron chi connectivity index (χ1n) is 5.01. The van der Waals surface area contributed by atoms with Gasteiger partial charge in [0.1, 0.15) is 17.4 Å². The highest BCUT2D eigenvalue weighted by atomic mass is 15.0. The van der Waals surface area contributed by atoms with Gasteiger partial charge in [-0.15, -0.1) is 0 Å². The summed E-state index contributed by atoms with van der Waals surface area (Å²) in [6.45, 7) is 3.94. The molecule has 0 aromatic carbocycles. The van der Waals surface area contributed by atoms with E-state index < -0.39 is 0 Å². The molecule has 1 N–H and O–H groups in total. The number of aryl methyl sites for hydroxylation is 2. The molecule has 0 aliphatic rings. The van der Waals surface area contributed by atoms with Crippen molar-refractivity contribution in [1.82, 2.24) is 15.0 Å². The van der Waals surface area contributed by atoms with Gasteiger partial charge < -0.3 is 4.98 Å². The Kier molecular flexibility index (Phi) is 2.38. The first-order valence-corrected chi connectivity index (χ1v) is 5.01. The van der Waals surface area contributed by atoms with E-state index in [1.807, 2.05) is 6.92 Å². The maximum absolute atomic E-state index is 8.86. The van der Waals surface area contributed by atoms with E-state index in [-0.39, 0.29) is 0 Å². The lowest BCUT2D eigenvalue weighted by Gasteiger charge is -1.94. The van der Waals surface area contributed by atoms with Crippen LogP contribution in [0.3, 0.4) is 0 Å².